The van der Waals surface area contributed by atoms with Gasteiger partial charge in [-0.15, -0.1) is 24.8 Å². The standard InChI is InChI=1S/C23H40N2O4.2ClH/c1-16(2)18(14-20(24)21(26)15-25-19-7-8-19)12-17-6-9-22(28-4)23(13-17)29-11-5-10-27-3;;/h6,9,13,16,18-21,25-26H,5,7-8,10-12,14-15,24H2,1-4H3;2*1H/t18-,20-,21-;;/m0../s1. The Bertz CT molecular complexity index is 603. The van der Waals surface area contributed by atoms with Crippen LogP contribution in [0.1, 0.15) is 45.1 Å². The first kappa shape index (κ1) is 30.2. The van der Waals surface area contributed by atoms with Gasteiger partial charge in [0.1, 0.15) is 0 Å². The molecule has 1 fully saturated rings. The van der Waals surface area contributed by atoms with Gasteiger partial charge in [-0.2, -0.15) is 0 Å². The second kappa shape index (κ2) is 15.9. The van der Waals surface area contributed by atoms with Gasteiger partial charge in [0, 0.05) is 38.8 Å². The van der Waals surface area contributed by atoms with Crippen LogP contribution in [0, 0.1) is 11.8 Å². The summed E-state index contributed by atoms with van der Waals surface area (Å²) in [6.07, 6.45) is 4.44. The summed E-state index contributed by atoms with van der Waals surface area (Å²) in [6.45, 7) is 6.29. The van der Waals surface area contributed by atoms with E-state index in [0.717, 1.165) is 30.8 Å². The van der Waals surface area contributed by atoms with Crippen molar-refractivity contribution in [2.45, 2.75) is 64.1 Å². The highest BCUT2D eigenvalue weighted by atomic mass is 35.5. The molecule has 0 bridgehead atoms. The van der Waals surface area contributed by atoms with Crippen LogP contribution in [0.25, 0.3) is 0 Å². The highest BCUT2D eigenvalue weighted by Gasteiger charge is 2.26. The fraction of sp³-hybridized carbons (Fsp3) is 0.739. The first-order chi connectivity index (χ1) is 13.9. The number of rotatable bonds is 15. The molecule has 3 atom stereocenters. The second-order valence-corrected chi connectivity index (χ2v) is 8.54. The van der Waals surface area contributed by atoms with Crippen LogP contribution >= 0.6 is 24.8 Å². The lowest BCUT2D eigenvalue weighted by Gasteiger charge is -2.27. The Morgan fingerprint density at radius 3 is 2.42 bits per heavy atom. The SMILES string of the molecule is COCCCOc1cc(C[C@@H](C[C@H](N)[C@@H](O)CNC2CC2)C(C)C)ccc1OC.Cl.Cl. The molecule has 0 amide bonds. The minimum atomic E-state index is -0.507. The minimum absolute atomic E-state index is 0. The van der Waals surface area contributed by atoms with E-state index in [0.29, 0.717) is 37.6 Å². The van der Waals surface area contributed by atoms with Crippen molar-refractivity contribution in [2.75, 3.05) is 34.0 Å². The van der Waals surface area contributed by atoms with Gasteiger partial charge in [-0.05, 0) is 55.2 Å². The van der Waals surface area contributed by atoms with Crippen molar-refractivity contribution in [2.24, 2.45) is 17.6 Å². The van der Waals surface area contributed by atoms with E-state index >= 15 is 0 Å². The van der Waals surface area contributed by atoms with E-state index in [1.807, 2.05) is 6.07 Å². The molecule has 1 aromatic rings. The summed E-state index contributed by atoms with van der Waals surface area (Å²) in [5.74, 6) is 2.36. The summed E-state index contributed by atoms with van der Waals surface area (Å²) in [5, 5.41) is 13.8. The molecule has 1 aliphatic carbocycles. The fourth-order valence-electron chi connectivity index (χ4n) is 3.47. The van der Waals surface area contributed by atoms with E-state index in [4.69, 9.17) is 19.9 Å². The van der Waals surface area contributed by atoms with E-state index < -0.39 is 6.10 Å². The Balaban J connectivity index is 0.00000450. The van der Waals surface area contributed by atoms with Crippen LogP contribution in [0.4, 0.5) is 0 Å². The van der Waals surface area contributed by atoms with Gasteiger partial charge in [-0.3, -0.25) is 0 Å². The average Bonchev–Trinajstić information content (AvgIpc) is 3.53. The molecule has 2 rings (SSSR count). The Kier molecular flexibility index (Phi) is 15.6. The average molecular weight is 482 g/mol. The number of aliphatic hydroxyl groups excluding tert-OH is 1. The molecule has 31 heavy (non-hydrogen) atoms. The van der Waals surface area contributed by atoms with Gasteiger partial charge in [0.2, 0.25) is 0 Å². The Hall–Kier alpha value is -0.760. The molecule has 6 nitrogen and oxygen atoms in total. The molecule has 0 spiro atoms. The van der Waals surface area contributed by atoms with Gasteiger partial charge in [0.05, 0.1) is 19.8 Å². The lowest BCUT2D eigenvalue weighted by molar-refractivity contribution is 0.124. The number of nitrogens with two attached hydrogens (primary N) is 1. The molecule has 0 radical (unpaired) electrons. The number of ether oxygens (including phenoxy) is 3. The molecule has 0 aromatic heterocycles. The third kappa shape index (κ3) is 11.1. The van der Waals surface area contributed by atoms with E-state index in [2.05, 4.69) is 31.3 Å². The maximum atomic E-state index is 10.4. The highest BCUT2D eigenvalue weighted by Crippen LogP contribution is 2.31. The Labute approximate surface area is 200 Å². The zero-order chi connectivity index (χ0) is 21.2. The number of nitrogens with one attached hydrogen (secondary N) is 1. The van der Waals surface area contributed by atoms with Crippen molar-refractivity contribution < 1.29 is 19.3 Å². The van der Waals surface area contributed by atoms with Crippen LogP contribution in [-0.2, 0) is 11.2 Å². The summed E-state index contributed by atoms with van der Waals surface area (Å²) >= 11 is 0. The van der Waals surface area contributed by atoms with E-state index in [-0.39, 0.29) is 30.9 Å². The normalized spacial score (nSPS) is 16.1. The Morgan fingerprint density at radius 1 is 1.13 bits per heavy atom. The third-order valence-electron chi connectivity index (χ3n) is 5.68. The monoisotopic (exact) mass is 480 g/mol. The molecule has 0 saturated heterocycles. The highest BCUT2D eigenvalue weighted by molar-refractivity contribution is 5.85. The molecule has 4 N–H and O–H groups in total. The first-order valence-corrected chi connectivity index (χ1v) is 10.9. The van der Waals surface area contributed by atoms with Gasteiger partial charge in [-0.1, -0.05) is 19.9 Å². The van der Waals surface area contributed by atoms with Crippen molar-refractivity contribution in [1.29, 1.82) is 0 Å². The topological polar surface area (TPSA) is 86.0 Å². The quantitative estimate of drug-likeness (QED) is 0.332. The first-order valence-electron chi connectivity index (χ1n) is 10.9. The van der Waals surface area contributed by atoms with Crippen LogP contribution in [0.3, 0.4) is 0 Å². The number of halogens is 2. The summed E-state index contributed by atoms with van der Waals surface area (Å²) in [6, 6.07) is 6.48. The van der Waals surface area contributed by atoms with Crippen LogP contribution in [-0.4, -0.2) is 57.3 Å². The van der Waals surface area contributed by atoms with Crippen LogP contribution in [0.5, 0.6) is 11.5 Å². The summed E-state index contributed by atoms with van der Waals surface area (Å²) in [5.41, 5.74) is 7.54. The van der Waals surface area contributed by atoms with Gasteiger partial charge in [0.25, 0.3) is 0 Å². The molecule has 0 unspecified atom stereocenters. The maximum absolute atomic E-state index is 10.4. The summed E-state index contributed by atoms with van der Waals surface area (Å²) in [4.78, 5) is 0. The third-order valence-corrected chi connectivity index (χ3v) is 5.68. The number of hydrogen-bond donors (Lipinski definition) is 3. The van der Waals surface area contributed by atoms with E-state index in [1.54, 1.807) is 14.2 Å². The predicted octanol–water partition coefficient (Wildman–Crippen LogP) is 3.60. The number of aliphatic hydroxyl groups is 1. The number of methoxy groups -OCH3 is 2. The smallest absolute Gasteiger partial charge is 0.161 e. The molecule has 1 aromatic carbocycles. The second-order valence-electron chi connectivity index (χ2n) is 8.54. The molecule has 0 aliphatic heterocycles. The predicted molar refractivity (Wildman–Crippen MR) is 131 cm³/mol. The molecular weight excluding hydrogens is 439 g/mol. The molecule has 1 aliphatic rings. The molecule has 8 heteroatoms. The minimum Gasteiger partial charge on any atom is -0.493 e. The summed E-state index contributed by atoms with van der Waals surface area (Å²) in [7, 11) is 3.35. The zero-order valence-corrected chi connectivity index (χ0v) is 21.0. The van der Waals surface area contributed by atoms with E-state index in [9.17, 15) is 5.11 Å². The van der Waals surface area contributed by atoms with E-state index in [1.165, 1.54) is 18.4 Å². The van der Waals surface area contributed by atoms with Gasteiger partial charge >= 0.3 is 0 Å². The lowest BCUT2D eigenvalue weighted by Crippen LogP contribution is -2.44. The molecule has 182 valence electrons. The zero-order valence-electron chi connectivity index (χ0n) is 19.3. The van der Waals surface area contributed by atoms with Crippen LogP contribution in [0.15, 0.2) is 18.2 Å². The number of benzene rings is 1. The largest absolute Gasteiger partial charge is 0.493 e. The van der Waals surface area contributed by atoms with Crippen molar-refractivity contribution in [3.63, 3.8) is 0 Å². The van der Waals surface area contributed by atoms with Gasteiger partial charge in [0.15, 0.2) is 11.5 Å². The van der Waals surface area contributed by atoms with Crippen LogP contribution in [0.2, 0.25) is 0 Å². The summed E-state index contributed by atoms with van der Waals surface area (Å²) < 4.78 is 16.4. The number of hydrogen-bond acceptors (Lipinski definition) is 6. The van der Waals surface area contributed by atoms with Crippen molar-refractivity contribution in [3.8, 4) is 11.5 Å². The van der Waals surface area contributed by atoms with Gasteiger partial charge in [-0.25, -0.2) is 0 Å². The molecular formula is C23H42Cl2N2O4. The van der Waals surface area contributed by atoms with Crippen LogP contribution < -0.4 is 20.5 Å². The maximum Gasteiger partial charge on any atom is 0.161 e. The molecule has 0 heterocycles. The van der Waals surface area contributed by atoms with Crippen molar-refractivity contribution in [1.82, 2.24) is 5.32 Å². The fourth-order valence-corrected chi connectivity index (χ4v) is 3.47. The van der Waals surface area contributed by atoms with Crippen molar-refractivity contribution in [3.05, 3.63) is 23.8 Å². The Morgan fingerprint density at radius 2 is 1.84 bits per heavy atom. The van der Waals surface area contributed by atoms with Crippen molar-refractivity contribution >= 4 is 24.8 Å². The molecule has 1 saturated carbocycles. The van der Waals surface area contributed by atoms with Gasteiger partial charge < -0.3 is 30.4 Å². The lowest BCUT2D eigenvalue weighted by atomic mass is 9.83.